The van der Waals surface area contributed by atoms with Crippen molar-refractivity contribution >= 4 is 11.7 Å². The molecule has 2 rings (SSSR count). The lowest BCUT2D eigenvalue weighted by Gasteiger charge is -2.21. The van der Waals surface area contributed by atoms with Gasteiger partial charge in [0.25, 0.3) is 5.69 Å². The smallest absolute Gasteiger partial charge is 0.315 e. The van der Waals surface area contributed by atoms with Gasteiger partial charge in [-0.1, -0.05) is 12.1 Å². The summed E-state index contributed by atoms with van der Waals surface area (Å²) in [4.78, 5) is 21.9. The fourth-order valence-corrected chi connectivity index (χ4v) is 1.95. The van der Waals surface area contributed by atoms with E-state index in [0.717, 1.165) is 0 Å². The lowest BCUT2D eigenvalue weighted by atomic mass is 10.0. The molecule has 0 saturated heterocycles. The number of nitro benzene ring substituents is 1. The first-order valence-electron chi connectivity index (χ1n) is 6.90. The van der Waals surface area contributed by atoms with Gasteiger partial charge in [-0.05, 0) is 24.6 Å². The number of aliphatic hydroxyl groups is 1. The molecule has 1 atom stereocenters. The first-order valence-corrected chi connectivity index (χ1v) is 6.90. The van der Waals surface area contributed by atoms with Crippen LogP contribution in [0.4, 0.5) is 10.5 Å². The normalized spacial score (nSPS) is 13.1. The molecule has 0 aliphatic carbocycles. The molecule has 1 unspecified atom stereocenters. The topological polar surface area (TPSA) is 118 Å². The second-order valence-corrected chi connectivity index (χ2v) is 5.21. The average Bonchev–Trinajstić information content (AvgIpc) is 3.06. The fourth-order valence-electron chi connectivity index (χ4n) is 1.95. The van der Waals surface area contributed by atoms with Crippen molar-refractivity contribution in [3.63, 3.8) is 0 Å². The number of hydrogen-bond acceptors (Lipinski definition) is 5. The van der Waals surface area contributed by atoms with Gasteiger partial charge >= 0.3 is 6.03 Å². The van der Waals surface area contributed by atoms with Crippen LogP contribution in [0.5, 0.6) is 0 Å². The van der Waals surface area contributed by atoms with E-state index in [1.165, 1.54) is 25.3 Å². The SMILES string of the molecule is CC(O)(CNC(=O)NCc1cccc([N+](=O)[O-])c1)c1ccco1. The van der Waals surface area contributed by atoms with Crippen molar-refractivity contribution in [2.45, 2.75) is 19.1 Å². The van der Waals surface area contributed by atoms with Crippen LogP contribution in [0.3, 0.4) is 0 Å². The molecule has 2 aromatic rings. The molecule has 2 amide bonds. The van der Waals surface area contributed by atoms with Crippen LogP contribution in [0.2, 0.25) is 0 Å². The summed E-state index contributed by atoms with van der Waals surface area (Å²) in [6.45, 7) is 1.62. The number of urea groups is 1. The van der Waals surface area contributed by atoms with Crippen molar-refractivity contribution in [2.24, 2.45) is 0 Å². The number of furan rings is 1. The standard InChI is InChI=1S/C15H17N3O5/c1-15(20,13-6-3-7-23-13)10-17-14(19)16-9-11-4-2-5-12(8-11)18(21)22/h2-8,20H,9-10H2,1H3,(H2,16,17,19). The molecular formula is C15H17N3O5. The van der Waals surface area contributed by atoms with Crippen molar-refractivity contribution in [2.75, 3.05) is 6.54 Å². The Morgan fingerprint density at radius 3 is 2.78 bits per heavy atom. The maximum atomic E-state index is 11.8. The molecule has 0 spiro atoms. The van der Waals surface area contributed by atoms with Crippen LogP contribution in [-0.2, 0) is 12.1 Å². The molecule has 1 aromatic carbocycles. The van der Waals surface area contributed by atoms with E-state index in [-0.39, 0.29) is 18.8 Å². The molecule has 122 valence electrons. The van der Waals surface area contributed by atoms with Gasteiger partial charge in [0.15, 0.2) is 0 Å². The number of non-ortho nitro benzene ring substituents is 1. The monoisotopic (exact) mass is 319 g/mol. The Hall–Kier alpha value is -2.87. The lowest BCUT2D eigenvalue weighted by Crippen LogP contribution is -2.43. The van der Waals surface area contributed by atoms with Crippen LogP contribution in [0.1, 0.15) is 18.2 Å². The van der Waals surface area contributed by atoms with Gasteiger partial charge in [-0.25, -0.2) is 4.79 Å². The zero-order chi connectivity index (χ0) is 16.9. The highest BCUT2D eigenvalue weighted by atomic mass is 16.6. The number of nitrogens with zero attached hydrogens (tertiary/aromatic N) is 1. The van der Waals surface area contributed by atoms with E-state index < -0.39 is 16.6 Å². The maximum absolute atomic E-state index is 11.8. The molecule has 1 heterocycles. The number of nitrogens with one attached hydrogen (secondary N) is 2. The maximum Gasteiger partial charge on any atom is 0.315 e. The number of amides is 2. The average molecular weight is 319 g/mol. The van der Waals surface area contributed by atoms with Crippen molar-refractivity contribution in [1.29, 1.82) is 0 Å². The first-order chi connectivity index (χ1) is 10.9. The van der Waals surface area contributed by atoms with Gasteiger partial charge in [0.1, 0.15) is 11.4 Å². The molecule has 23 heavy (non-hydrogen) atoms. The van der Waals surface area contributed by atoms with Gasteiger partial charge in [0.05, 0.1) is 17.7 Å². The van der Waals surface area contributed by atoms with Gasteiger partial charge in [-0.15, -0.1) is 0 Å². The van der Waals surface area contributed by atoms with Gasteiger partial charge in [0.2, 0.25) is 0 Å². The molecule has 0 aliphatic rings. The molecule has 0 bridgehead atoms. The molecule has 1 aromatic heterocycles. The minimum Gasteiger partial charge on any atom is -0.466 e. The summed E-state index contributed by atoms with van der Waals surface area (Å²) in [6.07, 6.45) is 1.44. The van der Waals surface area contributed by atoms with Crippen molar-refractivity contribution in [1.82, 2.24) is 10.6 Å². The zero-order valence-corrected chi connectivity index (χ0v) is 12.5. The third kappa shape index (κ3) is 4.55. The summed E-state index contributed by atoms with van der Waals surface area (Å²) in [5.41, 5.74) is -0.760. The van der Waals surface area contributed by atoms with Gasteiger partial charge in [-0.2, -0.15) is 0 Å². The quantitative estimate of drug-likeness (QED) is 0.555. The molecular weight excluding hydrogens is 302 g/mol. The largest absolute Gasteiger partial charge is 0.466 e. The number of carbonyl (C=O) groups is 1. The van der Waals surface area contributed by atoms with Crippen LogP contribution >= 0.6 is 0 Å². The zero-order valence-electron chi connectivity index (χ0n) is 12.5. The first kappa shape index (κ1) is 16.5. The minimum absolute atomic E-state index is 0.0366. The third-order valence-corrected chi connectivity index (χ3v) is 3.22. The number of hydrogen-bond donors (Lipinski definition) is 3. The lowest BCUT2D eigenvalue weighted by molar-refractivity contribution is -0.384. The molecule has 3 N–H and O–H groups in total. The van der Waals surface area contributed by atoms with Crippen LogP contribution in [0.25, 0.3) is 0 Å². The van der Waals surface area contributed by atoms with E-state index in [2.05, 4.69) is 10.6 Å². The summed E-state index contributed by atoms with van der Waals surface area (Å²) in [5.74, 6) is 0.344. The van der Waals surface area contributed by atoms with E-state index in [0.29, 0.717) is 11.3 Å². The molecule has 0 fully saturated rings. The predicted octanol–water partition coefficient (Wildman–Crippen LogP) is 1.89. The van der Waals surface area contributed by atoms with Crippen LogP contribution in [0, 0.1) is 10.1 Å². The van der Waals surface area contributed by atoms with Gasteiger partial charge in [-0.3, -0.25) is 10.1 Å². The van der Waals surface area contributed by atoms with Gasteiger partial charge < -0.3 is 20.2 Å². The molecule has 8 nitrogen and oxygen atoms in total. The summed E-state index contributed by atoms with van der Waals surface area (Å²) in [7, 11) is 0. The van der Waals surface area contributed by atoms with Crippen LogP contribution in [0.15, 0.2) is 47.1 Å². The third-order valence-electron chi connectivity index (χ3n) is 3.22. The van der Waals surface area contributed by atoms with Gasteiger partial charge in [0, 0.05) is 18.7 Å². The Morgan fingerprint density at radius 2 is 2.13 bits per heavy atom. The van der Waals surface area contributed by atoms with E-state index in [1.807, 2.05) is 0 Å². The van der Waals surface area contributed by atoms with Crippen LogP contribution in [-0.4, -0.2) is 22.6 Å². The molecule has 0 aliphatic heterocycles. The van der Waals surface area contributed by atoms with Crippen molar-refractivity contribution < 1.29 is 19.2 Å². The number of nitro groups is 1. The van der Waals surface area contributed by atoms with E-state index in [9.17, 15) is 20.0 Å². The summed E-state index contributed by atoms with van der Waals surface area (Å²) < 4.78 is 5.11. The molecule has 0 saturated carbocycles. The summed E-state index contributed by atoms with van der Waals surface area (Å²) in [6, 6.07) is 8.75. The highest BCUT2D eigenvalue weighted by molar-refractivity contribution is 5.73. The van der Waals surface area contributed by atoms with Crippen LogP contribution < -0.4 is 10.6 Å². The number of benzene rings is 1. The van der Waals surface area contributed by atoms with Crippen molar-refractivity contribution in [3.05, 3.63) is 64.1 Å². The Kier molecular flexibility index (Phi) is 4.97. The van der Waals surface area contributed by atoms with Crippen molar-refractivity contribution in [3.8, 4) is 0 Å². The Labute approximate surface area is 132 Å². The number of carbonyl (C=O) groups excluding carboxylic acids is 1. The molecule has 0 radical (unpaired) electrons. The fraction of sp³-hybridized carbons (Fsp3) is 0.267. The predicted molar refractivity (Wildman–Crippen MR) is 81.6 cm³/mol. The van der Waals surface area contributed by atoms with E-state index in [4.69, 9.17) is 4.42 Å². The second-order valence-electron chi connectivity index (χ2n) is 5.21. The highest BCUT2D eigenvalue weighted by Crippen LogP contribution is 2.19. The Morgan fingerprint density at radius 1 is 1.35 bits per heavy atom. The highest BCUT2D eigenvalue weighted by Gasteiger charge is 2.26. The Bertz CT molecular complexity index is 682. The van der Waals surface area contributed by atoms with E-state index in [1.54, 1.807) is 24.3 Å². The summed E-state index contributed by atoms with van der Waals surface area (Å²) >= 11 is 0. The number of rotatable bonds is 6. The summed E-state index contributed by atoms with van der Waals surface area (Å²) in [5, 5.41) is 26.0. The Balaban J connectivity index is 1.84. The second kappa shape index (κ2) is 6.93. The minimum atomic E-state index is -1.33. The molecule has 8 heteroatoms. The van der Waals surface area contributed by atoms with E-state index >= 15 is 0 Å².